The number of hydrogen-bond donors (Lipinski definition) is 0. The summed E-state index contributed by atoms with van der Waals surface area (Å²) >= 11 is 0. The van der Waals surface area contributed by atoms with Gasteiger partial charge in [0.2, 0.25) is 5.91 Å². The molecule has 0 N–H and O–H groups in total. The smallest absolute Gasteiger partial charge is 0.225 e. The lowest BCUT2D eigenvalue weighted by atomic mass is 9.82. The van der Waals surface area contributed by atoms with Crippen LogP contribution in [0.4, 0.5) is 4.39 Å². The van der Waals surface area contributed by atoms with E-state index in [1.807, 2.05) is 4.90 Å². The molecule has 0 aromatic carbocycles. The Morgan fingerprint density at radius 3 is 2.62 bits per heavy atom. The molecule has 0 aromatic rings. The van der Waals surface area contributed by atoms with Gasteiger partial charge < -0.3 is 4.90 Å². The van der Waals surface area contributed by atoms with Crippen LogP contribution in [0.25, 0.3) is 0 Å². The fourth-order valence-corrected chi connectivity index (χ4v) is 2.14. The molecule has 74 valence electrons. The van der Waals surface area contributed by atoms with E-state index in [1.54, 1.807) is 0 Å². The molecule has 2 nitrogen and oxygen atoms in total. The van der Waals surface area contributed by atoms with Crippen molar-refractivity contribution >= 4 is 5.91 Å². The largest absolute Gasteiger partial charge is 0.342 e. The lowest BCUT2D eigenvalue weighted by Crippen LogP contribution is -2.41. The summed E-state index contributed by atoms with van der Waals surface area (Å²) in [7, 11) is 0. The maximum atomic E-state index is 12.5. The predicted octanol–water partition coefficient (Wildman–Crippen LogP) is 1.60. The Hall–Kier alpha value is -0.600. The number of alkyl halides is 1. The summed E-state index contributed by atoms with van der Waals surface area (Å²) in [5, 5.41) is 0. The van der Waals surface area contributed by atoms with E-state index < -0.39 is 6.17 Å². The van der Waals surface area contributed by atoms with Crippen LogP contribution in [0.1, 0.15) is 26.2 Å². The predicted molar refractivity (Wildman–Crippen MR) is 48.0 cm³/mol. The van der Waals surface area contributed by atoms with Gasteiger partial charge in [0.05, 0.1) is 0 Å². The Labute approximate surface area is 78.1 Å². The highest BCUT2D eigenvalue weighted by atomic mass is 19.1. The van der Waals surface area contributed by atoms with E-state index in [1.165, 1.54) is 0 Å². The molecule has 2 fully saturated rings. The first-order valence-electron chi connectivity index (χ1n) is 5.09. The van der Waals surface area contributed by atoms with E-state index in [0.29, 0.717) is 18.8 Å². The van der Waals surface area contributed by atoms with Gasteiger partial charge in [0, 0.05) is 19.0 Å². The van der Waals surface area contributed by atoms with Crippen LogP contribution >= 0.6 is 0 Å². The minimum absolute atomic E-state index is 0.000278. The summed E-state index contributed by atoms with van der Waals surface area (Å²) in [4.78, 5) is 13.6. The highest BCUT2D eigenvalue weighted by Gasteiger charge is 2.38. The lowest BCUT2D eigenvalue weighted by Gasteiger charge is -2.31. The van der Waals surface area contributed by atoms with Gasteiger partial charge in [-0.3, -0.25) is 4.79 Å². The molecular weight excluding hydrogens is 169 g/mol. The van der Waals surface area contributed by atoms with Crippen LogP contribution in [0.15, 0.2) is 0 Å². The summed E-state index contributed by atoms with van der Waals surface area (Å²) in [6.45, 7) is 3.92. The molecule has 1 atom stereocenters. The van der Waals surface area contributed by atoms with Crippen molar-refractivity contribution in [2.45, 2.75) is 32.4 Å². The Morgan fingerprint density at radius 1 is 1.46 bits per heavy atom. The monoisotopic (exact) mass is 185 g/mol. The number of nitrogens with zero attached hydrogens (tertiary/aromatic N) is 1. The van der Waals surface area contributed by atoms with Crippen molar-refractivity contribution in [1.82, 2.24) is 4.90 Å². The maximum absolute atomic E-state index is 12.5. The Kier molecular flexibility index (Phi) is 2.26. The van der Waals surface area contributed by atoms with Crippen molar-refractivity contribution in [2.75, 3.05) is 13.1 Å². The van der Waals surface area contributed by atoms with Crippen molar-refractivity contribution in [3.05, 3.63) is 0 Å². The topological polar surface area (TPSA) is 20.3 Å². The quantitative estimate of drug-likeness (QED) is 0.607. The van der Waals surface area contributed by atoms with Crippen molar-refractivity contribution < 1.29 is 9.18 Å². The molecule has 1 saturated carbocycles. The number of likely N-dealkylation sites (tertiary alicyclic amines) is 1. The molecule has 1 unspecified atom stereocenters. The third-order valence-corrected chi connectivity index (χ3v) is 3.17. The first-order valence-corrected chi connectivity index (χ1v) is 5.09. The number of hydrogen-bond acceptors (Lipinski definition) is 1. The van der Waals surface area contributed by atoms with Crippen LogP contribution in [0, 0.1) is 11.8 Å². The third kappa shape index (κ3) is 1.69. The molecule has 1 amide bonds. The summed E-state index contributed by atoms with van der Waals surface area (Å²) in [5.74, 6) is 0.823. The Bertz CT molecular complexity index is 213. The highest BCUT2D eigenvalue weighted by molar-refractivity contribution is 5.80. The van der Waals surface area contributed by atoms with Crippen LogP contribution in [-0.2, 0) is 4.79 Å². The first kappa shape index (κ1) is 8.97. The molecule has 3 heteroatoms. The van der Waals surface area contributed by atoms with Crippen molar-refractivity contribution in [3.8, 4) is 0 Å². The fraction of sp³-hybridized carbons (Fsp3) is 0.900. The van der Waals surface area contributed by atoms with E-state index in [9.17, 15) is 9.18 Å². The molecule has 1 aliphatic heterocycles. The molecule has 1 heterocycles. The van der Waals surface area contributed by atoms with E-state index in [2.05, 4.69) is 6.92 Å². The fourth-order valence-electron chi connectivity index (χ4n) is 2.14. The molecule has 2 aliphatic rings. The average molecular weight is 185 g/mol. The lowest BCUT2D eigenvalue weighted by molar-refractivity contribution is -0.139. The Balaban J connectivity index is 1.84. The van der Waals surface area contributed by atoms with Gasteiger partial charge in [0.1, 0.15) is 6.17 Å². The van der Waals surface area contributed by atoms with Crippen molar-refractivity contribution in [1.29, 1.82) is 0 Å². The summed E-state index contributed by atoms with van der Waals surface area (Å²) < 4.78 is 12.5. The second-order valence-electron chi connectivity index (χ2n) is 4.44. The second kappa shape index (κ2) is 3.28. The molecule has 0 radical (unpaired) electrons. The highest BCUT2D eigenvalue weighted by Crippen LogP contribution is 2.32. The van der Waals surface area contributed by atoms with E-state index in [-0.39, 0.29) is 11.8 Å². The van der Waals surface area contributed by atoms with Gasteiger partial charge in [-0.15, -0.1) is 0 Å². The maximum Gasteiger partial charge on any atom is 0.225 e. The van der Waals surface area contributed by atoms with Gasteiger partial charge in [0.15, 0.2) is 0 Å². The molecule has 0 aromatic heterocycles. The van der Waals surface area contributed by atoms with Crippen LogP contribution in [0.2, 0.25) is 0 Å². The molecular formula is C10H16FNO. The second-order valence-corrected chi connectivity index (χ2v) is 4.44. The zero-order chi connectivity index (χ0) is 9.42. The van der Waals surface area contributed by atoms with Gasteiger partial charge in [-0.1, -0.05) is 6.92 Å². The van der Waals surface area contributed by atoms with Crippen molar-refractivity contribution in [2.24, 2.45) is 11.8 Å². The SMILES string of the molecule is CC1CCN(C(=O)C2CC(F)C2)C1. The zero-order valence-electron chi connectivity index (χ0n) is 8.00. The van der Waals surface area contributed by atoms with E-state index in [4.69, 9.17) is 0 Å². The molecule has 2 rings (SSSR count). The number of carbonyl (C=O) groups is 1. The first-order chi connectivity index (χ1) is 6.16. The molecule has 0 spiro atoms. The van der Waals surface area contributed by atoms with Crippen molar-refractivity contribution in [3.63, 3.8) is 0 Å². The number of carbonyl (C=O) groups excluding carboxylic acids is 1. The molecule has 1 aliphatic carbocycles. The minimum Gasteiger partial charge on any atom is -0.342 e. The molecule has 0 bridgehead atoms. The summed E-state index contributed by atoms with van der Waals surface area (Å²) in [5.41, 5.74) is 0. The van der Waals surface area contributed by atoms with Gasteiger partial charge >= 0.3 is 0 Å². The van der Waals surface area contributed by atoms with Gasteiger partial charge in [-0.05, 0) is 25.2 Å². The van der Waals surface area contributed by atoms with Gasteiger partial charge in [-0.2, -0.15) is 0 Å². The third-order valence-electron chi connectivity index (χ3n) is 3.17. The van der Waals surface area contributed by atoms with Gasteiger partial charge in [0.25, 0.3) is 0 Å². The average Bonchev–Trinajstić information content (AvgIpc) is 2.45. The normalized spacial score (nSPS) is 38.9. The number of amides is 1. The minimum atomic E-state index is -0.714. The zero-order valence-corrected chi connectivity index (χ0v) is 8.00. The summed E-state index contributed by atoms with van der Waals surface area (Å²) in [6.07, 6.45) is 1.32. The van der Waals surface area contributed by atoms with Crippen LogP contribution in [0.5, 0.6) is 0 Å². The molecule has 13 heavy (non-hydrogen) atoms. The van der Waals surface area contributed by atoms with Crippen LogP contribution < -0.4 is 0 Å². The number of halogens is 1. The number of rotatable bonds is 1. The summed E-state index contributed by atoms with van der Waals surface area (Å²) in [6, 6.07) is 0. The standard InChI is InChI=1S/C10H16FNO/c1-7-2-3-12(6-7)10(13)8-4-9(11)5-8/h7-9H,2-6H2,1H3. The van der Waals surface area contributed by atoms with Crippen LogP contribution in [-0.4, -0.2) is 30.1 Å². The molecule has 1 saturated heterocycles. The van der Waals surface area contributed by atoms with E-state index in [0.717, 1.165) is 19.5 Å². The van der Waals surface area contributed by atoms with Gasteiger partial charge in [-0.25, -0.2) is 4.39 Å². The Morgan fingerprint density at radius 2 is 2.15 bits per heavy atom. The van der Waals surface area contributed by atoms with Crippen LogP contribution in [0.3, 0.4) is 0 Å². The van der Waals surface area contributed by atoms with E-state index >= 15 is 0 Å².